The maximum atomic E-state index is 11.9. The summed E-state index contributed by atoms with van der Waals surface area (Å²) in [4.78, 5) is 0. The van der Waals surface area contributed by atoms with Gasteiger partial charge in [-0.1, -0.05) is 12.1 Å². The maximum Gasteiger partial charge on any atom is 0.387 e. The molecule has 1 aromatic carbocycles. The Balaban J connectivity index is 2.18. The number of benzene rings is 1. The predicted octanol–water partition coefficient (Wildman–Crippen LogP) is 2.80. The number of halogens is 2. The summed E-state index contributed by atoms with van der Waals surface area (Å²) in [6.45, 7) is 2.27. The summed E-state index contributed by atoms with van der Waals surface area (Å²) in [5, 5.41) is 3.25. The summed E-state index contributed by atoms with van der Waals surface area (Å²) in [6, 6.07) is 6.63. The van der Waals surface area contributed by atoms with Gasteiger partial charge >= 0.3 is 6.61 Å². The van der Waals surface area contributed by atoms with Crippen molar-refractivity contribution in [1.82, 2.24) is 5.32 Å². The second kappa shape index (κ2) is 8.83. The van der Waals surface area contributed by atoms with Crippen molar-refractivity contribution in [2.75, 3.05) is 19.8 Å². The molecule has 0 radical (unpaired) electrons. The summed E-state index contributed by atoms with van der Waals surface area (Å²) < 4.78 is 33.3. The Labute approximate surface area is 106 Å². The van der Waals surface area contributed by atoms with Crippen LogP contribution in [0.1, 0.15) is 18.9 Å². The zero-order valence-electron chi connectivity index (χ0n) is 10.5. The SMILES string of the molecule is CCOCCCNCc1ccc(OC(F)F)cc1. The molecule has 3 nitrogen and oxygen atoms in total. The standard InChI is InChI=1S/C13H19F2NO2/c1-2-17-9-3-8-16-10-11-4-6-12(7-5-11)18-13(14)15/h4-7,13,16H,2-3,8-10H2,1H3. The van der Waals surface area contributed by atoms with E-state index in [1.54, 1.807) is 24.3 Å². The van der Waals surface area contributed by atoms with Gasteiger partial charge in [0.15, 0.2) is 0 Å². The smallest absolute Gasteiger partial charge is 0.387 e. The van der Waals surface area contributed by atoms with E-state index in [9.17, 15) is 8.78 Å². The fourth-order valence-electron chi connectivity index (χ4n) is 1.47. The average molecular weight is 259 g/mol. The van der Waals surface area contributed by atoms with E-state index in [1.165, 1.54) is 0 Å². The Morgan fingerprint density at radius 3 is 2.56 bits per heavy atom. The van der Waals surface area contributed by atoms with E-state index < -0.39 is 6.61 Å². The van der Waals surface area contributed by atoms with Crippen molar-refractivity contribution in [1.29, 1.82) is 0 Å². The van der Waals surface area contributed by atoms with Gasteiger partial charge in [0.1, 0.15) is 5.75 Å². The lowest BCUT2D eigenvalue weighted by Crippen LogP contribution is -2.16. The molecule has 0 aromatic heterocycles. The highest BCUT2D eigenvalue weighted by Crippen LogP contribution is 2.14. The van der Waals surface area contributed by atoms with Crippen LogP contribution in [0.3, 0.4) is 0 Å². The highest BCUT2D eigenvalue weighted by Gasteiger charge is 2.03. The van der Waals surface area contributed by atoms with Crippen LogP contribution in [0, 0.1) is 0 Å². The summed E-state index contributed by atoms with van der Waals surface area (Å²) in [5.41, 5.74) is 1.04. The molecule has 0 fully saturated rings. The van der Waals surface area contributed by atoms with Crippen LogP contribution in [0.4, 0.5) is 8.78 Å². The van der Waals surface area contributed by atoms with Crippen LogP contribution in [0.15, 0.2) is 24.3 Å². The van der Waals surface area contributed by atoms with Crippen molar-refractivity contribution in [3.8, 4) is 5.75 Å². The summed E-state index contributed by atoms with van der Waals surface area (Å²) >= 11 is 0. The zero-order valence-corrected chi connectivity index (χ0v) is 10.5. The van der Waals surface area contributed by atoms with Crippen LogP contribution >= 0.6 is 0 Å². The third-order valence-corrected chi connectivity index (χ3v) is 2.32. The Morgan fingerprint density at radius 1 is 1.22 bits per heavy atom. The molecule has 0 saturated heterocycles. The normalized spacial score (nSPS) is 10.9. The molecule has 18 heavy (non-hydrogen) atoms. The van der Waals surface area contributed by atoms with Gasteiger partial charge in [0, 0.05) is 19.8 Å². The molecule has 0 aliphatic heterocycles. The first-order valence-electron chi connectivity index (χ1n) is 6.04. The van der Waals surface area contributed by atoms with Gasteiger partial charge in [-0.3, -0.25) is 0 Å². The molecule has 0 amide bonds. The van der Waals surface area contributed by atoms with Gasteiger partial charge in [-0.05, 0) is 37.6 Å². The fourth-order valence-corrected chi connectivity index (χ4v) is 1.47. The maximum absolute atomic E-state index is 11.9. The van der Waals surface area contributed by atoms with Gasteiger partial charge in [-0.15, -0.1) is 0 Å². The Hall–Kier alpha value is -1.20. The summed E-state index contributed by atoms with van der Waals surface area (Å²) in [7, 11) is 0. The lowest BCUT2D eigenvalue weighted by molar-refractivity contribution is -0.0498. The quantitative estimate of drug-likeness (QED) is 0.692. The molecular weight excluding hydrogens is 240 g/mol. The molecule has 0 aliphatic rings. The average Bonchev–Trinajstić information content (AvgIpc) is 2.35. The van der Waals surface area contributed by atoms with E-state index in [1.807, 2.05) is 6.92 Å². The lowest BCUT2D eigenvalue weighted by atomic mass is 10.2. The van der Waals surface area contributed by atoms with Gasteiger partial charge in [-0.25, -0.2) is 0 Å². The molecule has 1 rings (SSSR count). The van der Waals surface area contributed by atoms with Crippen molar-refractivity contribution < 1.29 is 18.3 Å². The topological polar surface area (TPSA) is 30.5 Å². The van der Waals surface area contributed by atoms with Gasteiger partial charge < -0.3 is 14.8 Å². The molecule has 0 unspecified atom stereocenters. The molecule has 5 heteroatoms. The van der Waals surface area contributed by atoms with E-state index in [4.69, 9.17) is 4.74 Å². The van der Waals surface area contributed by atoms with Crippen molar-refractivity contribution in [3.63, 3.8) is 0 Å². The van der Waals surface area contributed by atoms with Crippen LogP contribution in [0.25, 0.3) is 0 Å². The number of alkyl halides is 2. The largest absolute Gasteiger partial charge is 0.435 e. The summed E-state index contributed by atoms with van der Waals surface area (Å²) in [5.74, 6) is 0.185. The third-order valence-electron chi connectivity index (χ3n) is 2.32. The molecule has 0 bridgehead atoms. The lowest BCUT2D eigenvalue weighted by Gasteiger charge is -2.07. The molecular formula is C13H19F2NO2. The van der Waals surface area contributed by atoms with Gasteiger partial charge in [0.05, 0.1) is 0 Å². The molecule has 1 N–H and O–H groups in total. The number of hydrogen-bond donors (Lipinski definition) is 1. The first-order valence-corrected chi connectivity index (χ1v) is 6.04. The van der Waals surface area contributed by atoms with E-state index in [0.717, 1.165) is 31.7 Å². The van der Waals surface area contributed by atoms with Gasteiger partial charge in [0.2, 0.25) is 0 Å². The van der Waals surface area contributed by atoms with Crippen molar-refractivity contribution in [2.45, 2.75) is 26.5 Å². The van der Waals surface area contributed by atoms with E-state index in [2.05, 4.69) is 10.1 Å². The Kier molecular flexibility index (Phi) is 7.29. The number of hydrogen-bond acceptors (Lipinski definition) is 3. The molecule has 0 aliphatic carbocycles. The van der Waals surface area contributed by atoms with Crippen molar-refractivity contribution >= 4 is 0 Å². The second-order valence-corrected chi connectivity index (χ2v) is 3.75. The first-order chi connectivity index (χ1) is 8.72. The van der Waals surface area contributed by atoms with Crippen molar-refractivity contribution in [3.05, 3.63) is 29.8 Å². The highest BCUT2D eigenvalue weighted by molar-refractivity contribution is 5.27. The third kappa shape index (κ3) is 6.51. The van der Waals surface area contributed by atoms with E-state index in [-0.39, 0.29) is 5.75 Å². The monoisotopic (exact) mass is 259 g/mol. The minimum absolute atomic E-state index is 0.185. The molecule has 0 heterocycles. The van der Waals surface area contributed by atoms with Gasteiger partial charge in [-0.2, -0.15) is 8.78 Å². The van der Waals surface area contributed by atoms with Crippen LogP contribution < -0.4 is 10.1 Å². The second-order valence-electron chi connectivity index (χ2n) is 3.75. The van der Waals surface area contributed by atoms with Crippen molar-refractivity contribution in [2.24, 2.45) is 0 Å². The molecule has 102 valence electrons. The first kappa shape index (κ1) is 14.9. The predicted molar refractivity (Wildman–Crippen MR) is 65.9 cm³/mol. The molecule has 1 aromatic rings. The summed E-state index contributed by atoms with van der Waals surface area (Å²) in [6.07, 6.45) is 0.959. The minimum atomic E-state index is -2.77. The molecule has 0 spiro atoms. The fraction of sp³-hybridized carbons (Fsp3) is 0.538. The van der Waals surface area contributed by atoms with Crippen LogP contribution in [0.2, 0.25) is 0 Å². The number of rotatable bonds is 9. The minimum Gasteiger partial charge on any atom is -0.435 e. The van der Waals surface area contributed by atoms with E-state index >= 15 is 0 Å². The van der Waals surface area contributed by atoms with Crippen LogP contribution in [0.5, 0.6) is 5.75 Å². The Morgan fingerprint density at radius 2 is 1.94 bits per heavy atom. The zero-order chi connectivity index (χ0) is 13.2. The molecule has 0 saturated carbocycles. The number of nitrogens with one attached hydrogen (secondary N) is 1. The van der Waals surface area contributed by atoms with Crippen LogP contribution in [-0.4, -0.2) is 26.4 Å². The molecule has 0 atom stereocenters. The van der Waals surface area contributed by atoms with Crippen LogP contribution in [-0.2, 0) is 11.3 Å². The highest BCUT2D eigenvalue weighted by atomic mass is 19.3. The Bertz CT molecular complexity index is 317. The van der Waals surface area contributed by atoms with Gasteiger partial charge in [0.25, 0.3) is 0 Å². The van der Waals surface area contributed by atoms with E-state index in [0.29, 0.717) is 6.54 Å². The number of ether oxygens (including phenoxy) is 2.